The summed E-state index contributed by atoms with van der Waals surface area (Å²) in [5.74, 6) is 0. The second-order valence-electron chi connectivity index (χ2n) is 12.6. The lowest BCUT2D eigenvalue weighted by atomic mass is 9.87. The van der Waals surface area contributed by atoms with Crippen molar-refractivity contribution in [2.45, 2.75) is 0 Å². The number of benzene rings is 9. The Morgan fingerprint density at radius 2 is 0.750 bits per heavy atom. The standard InChI is InChI=1S/C46H24N2/c47-25-27-7-11-29(12-8-27)34-21-22-35(30-13-9-28(26-48)10-14-30)46-41-24-23-37(38-5-2-6-40(44(38)41)45(34)46)36-19-17-33-16-15-31-3-1-4-32-18-20-39(36)43(33)42(31)32/h1-24H. The number of fused-ring (bicyclic) bond motifs is 3. The van der Waals surface area contributed by atoms with Gasteiger partial charge < -0.3 is 0 Å². The SMILES string of the molecule is N#Cc1ccc(-c2ccc(-c3ccc(C#N)cc3)c3c2-c2cccc4c(-c5ccc6ccc7cccc8ccc5c6c78)ccc-3c24)cc1. The highest BCUT2D eigenvalue weighted by molar-refractivity contribution is 6.28. The Bertz CT molecular complexity index is 2770. The lowest BCUT2D eigenvalue weighted by molar-refractivity contribution is 1.48. The van der Waals surface area contributed by atoms with Crippen molar-refractivity contribution >= 4 is 43.1 Å². The summed E-state index contributed by atoms with van der Waals surface area (Å²) >= 11 is 0. The minimum atomic E-state index is 0.646. The first kappa shape index (κ1) is 26.5. The summed E-state index contributed by atoms with van der Waals surface area (Å²) in [5, 5.41) is 29.1. The van der Waals surface area contributed by atoms with Crippen LogP contribution < -0.4 is 0 Å². The van der Waals surface area contributed by atoms with Crippen molar-refractivity contribution in [3.63, 3.8) is 0 Å². The van der Waals surface area contributed by atoms with E-state index in [2.05, 4.69) is 133 Å². The van der Waals surface area contributed by atoms with Crippen LogP contribution in [-0.4, -0.2) is 0 Å². The summed E-state index contributed by atoms with van der Waals surface area (Å²) in [6.07, 6.45) is 0. The number of nitriles is 2. The lowest BCUT2D eigenvalue weighted by Gasteiger charge is -2.16. The van der Waals surface area contributed by atoms with Gasteiger partial charge in [0, 0.05) is 0 Å². The van der Waals surface area contributed by atoms with E-state index < -0.39 is 0 Å². The van der Waals surface area contributed by atoms with Crippen LogP contribution >= 0.6 is 0 Å². The van der Waals surface area contributed by atoms with Crippen LogP contribution in [0.2, 0.25) is 0 Å². The molecule has 10 rings (SSSR count). The fourth-order valence-corrected chi connectivity index (χ4v) is 8.12. The van der Waals surface area contributed by atoms with Gasteiger partial charge in [-0.2, -0.15) is 10.5 Å². The zero-order chi connectivity index (χ0) is 31.9. The maximum atomic E-state index is 9.47. The van der Waals surface area contributed by atoms with Crippen LogP contribution in [0.25, 0.3) is 98.7 Å². The van der Waals surface area contributed by atoms with Gasteiger partial charge in [0.15, 0.2) is 0 Å². The predicted molar refractivity (Wildman–Crippen MR) is 198 cm³/mol. The van der Waals surface area contributed by atoms with Gasteiger partial charge in [-0.25, -0.2) is 0 Å². The minimum Gasteiger partial charge on any atom is -0.192 e. The van der Waals surface area contributed by atoms with Crippen molar-refractivity contribution in [3.8, 4) is 67.8 Å². The summed E-state index contributed by atoms with van der Waals surface area (Å²) in [4.78, 5) is 0. The average Bonchev–Trinajstić information content (AvgIpc) is 3.49. The van der Waals surface area contributed by atoms with E-state index in [1.54, 1.807) is 0 Å². The van der Waals surface area contributed by atoms with Gasteiger partial charge in [-0.3, -0.25) is 0 Å². The minimum absolute atomic E-state index is 0.646. The van der Waals surface area contributed by atoms with Gasteiger partial charge in [0.25, 0.3) is 0 Å². The summed E-state index contributed by atoms with van der Waals surface area (Å²) < 4.78 is 0. The molecule has 9 aromatic rings. The van der Waals surface area contributed by atoms with Gasteiger partial charge in [-0.1, -0.05) is 121 Å². The van der Waals surface area contributed by atoms with Gasteiger partial charge in [0.05, 0.1) is 23.3 Å². The first-order valence-electron chi connectivity index (χ1n) is 16.1. The second kappa shape index (κ2) is 9.88. The average molecular weight is 605 g/mol. The highest BCUT2D eigenvalue weighted by Crippen LogP contribution is 2.56. The smallest absolute Gasteiger partial charge is 0.0991 e. The fraction of sp³-hybridized carbons (Fsp3) is 0. The Morgan fingerprint density at radius 1 is 0.312 bits per heavy atom. The summed E-state index contributed by atoms with van der Waals surface area (Å²) in [6, 6.07) is 56.2. The van der Waals surface area contributed by atoms with Crippen molar-refractivity contribution < 1.29 is 0 Å². The van der Waals surface area contributed by atoms with Crippen LogP contribution in [0.15, 0.2) is 146 Å². The normalized spacial score (nSPS) is 11.7. The van der Waals surface area contributed by atoms with E-state index in [4.69, 9.17) is 0 Å². The van der Waals surface area contributed by atoms with E-state index in [1.807, 2.05) is 24.3 Å². The van der Waals surface area contributed by atoms with Gasteiger partial charge in [-0.15, -0.1) is 0 Å². The van der Waals surface area contributed by atoms with Crippen molar-refractivity contribution in [1.82, 2.24) is 0 Å². The Kier molecular flexibility index (Phi) is 5.45. The maximum Gasteiger partial charge on any atom is 0.0991 e. The topological polar surface area (TPSA) is 47.6 Å². The van der Waals surface area contributed by atoms with Gasteiger partial charge in [-0.05, 0) is 123 Å². The van der Waals surface area contributed by atoms with E-state index in [9.17, 15) is 10.5 Å². The second-order valence-corrected chi connectivity index (χ2v) is 12.6. The Morgan fingerprint density at radius 3 is 1.35 bits per heavy atom. The van der Waals surface area contributed by atoms with Gasteiger partial charge in [0.2, 0.25) is 0 Å². The molecule has 0 aliphatic heterocycles. The Hall–Kier alpha value is -6.74. The van der Waals surface area contributed by atoms with E-state index >= 15 is 0 Å². The van der Waals surface area contributed by atoms with E-state index in [-0.39, 0.29) is 0 Å². The molecule has 0 heterocycles. The zero-order valence-electron chi connectivity index (χ0n) is 25.8. The summed E-state index contributed by atoms with van der Waals surface area (Å²) in [7, 11) is 0. The molecule has 0 saturated carbocycles. The van der Waals surface area contributed by atoms with Crippen LogP contribution in [0, 0.1) is 22.7 Å². The molecule has 0 fully saturated rings. The summed E-state index contributed by atoms with van der Waals surface area (Å²) in [5.41, 5.74) is 13.0. The van der Waals surface area contributed by atoms with E-state index in [0.717, 1.165) is 22.3 Å². The molecule has 0 atom stereocenters. The molecule has 0 unspecified atom stereocenters. The molecule has 0 saturated heterocycles. The Balaban J connectivity index is 1.27. The first-order valence-corrected chi connectivity index (χ1v) is 16.1. The van der Waals surface area contributed by atoms with Crippen molar-refractivity contribution in [3.05, 3.63) is 157 Å². The highest BCUT2D eigenvalue weighted by atomic mass is 14.3. The molecule has 0 spiro atoms. The molecule has 0 N–H and O–H groups in total. The number of hydrogen-bond donors (Lipinski definition) is 0. The predicted octanol–water partition coefficient (Wildman–Crippen LogP) is 12.1. The highest BCUT2D eigenvalue weighted by Gasteiger charge is 2.29. The molecule has 0 bridgehead atoms. The molecule has 2 nitrogen and oxygen atoms in total. The zero-order valence-corrected chi connectivity index (χ0v) is 25.8. The number of rotatable bonds is 3. The largest absolute Gasteiger partial charge is 0.192 e. The molecule has 2 heteroatoms. The van der Waals surface area contributed by atoms with E-state index in [0.29, 0.717) is 11.1 Å². The summed E-state index contributed by atoms with van der Waals surface area (Å²) in [6.45, 7) is 0. The molecule has 0 radical (unpaired) electrons. The van der Waals surface area contributed by atoms with Crippen LogP contribution in [0.5, 0.6) is 0 Å². The molecule has 48 heavy (non-hydrogen) atoms. The molecule has 0 amide bonds. The van der Waals surface area contributed by atoms with Crippen LogP contribution in [0.3, 0.4) is 0 Å². The molecule has 0 aromatic heterocycles. The van der Waals surface area contributed by atoms with Crippen LogP contribution in [-0.2, 0) is 0 Å². The molecule has 1 aliphatic carbocycles. The van der Waals surface area contributed by atoms with E-state index in [1.165, 1.54) is 76.5 Å². The number of nitrogens with zero attached hydrogens (tertiary/aromatic N) is 2. The van der Waals surface area contributed by atoms with Crippen LogP contribution in [0.4, 0.5) is 0 Å². The van der Waals surface area contributed by atoms with Crippen molar-refractivity contribution in [2.75, 3.05) is 0 Å². The molecule has 1 aliphatic rings. The third-order valence-corrected chi connectivity index (χ3v) is 10.3. The van der Waals surface area contributed by atoms with Crippen molar-refractivity contribution in [1.29, 1.82) is 10.5 Å². The third kappa shape index (κ3) is 3.61. The first-order chi connectivity index (χ1) is 23.7. The molecule has 218 valence electrons. The quantitative estimate of drug-likeness (QED) is 0.188. The maximum absolute atomic E-state index is 9.47. The van der Waals surface area contributed by atoms with Gasteiger partial charge in [0.1, 0.15) is 0 Å². The monoisotopic (exact) mass is 604 g/mol. The third-order valence-electron chi connectivity index (χ3n) is 10.3. The van der Waals surface area contributed by atoms with Gasteiger partial charge >= 0.3 is 0 Å². The van der Waals surface area contributed by atoms with Crippen molar-refractivity contribution in [2.24, 2.45) is 0 Å². The van der Waals surface area contributed by atoms with Crippen LogP contribution in [0.1, 0.15) is 11.1 Å². The lowest BCUT2D eigenvalue weighted by Crippen LogP contribution is -1.90. The Labute approximate surface area is 277 Å². The molecular weight excluding hydrogens is 581 g/mol. The molecule has 9 aromatic carbocycles. The fourth-order valence-electron chi connectivity index (χ4n) is 8.12. The molecular formula is C46H24N2. The number of hydrogen-bond acceptors (Lipinski definition) is 2.